The molecular weight excluding hydrogens is 224 g/mol. The van der Waals surface area contributed by atoms with Gasteiger partial charge in [-0.1, -0.05) is 25.1 Å². The predicted molar refractivity (Wildman–Crippen MR) is 72.6 cm³/mol. The van der Waals surface area contributed by atoms with Crippen molar-refractivity contribution in [2.45, 2.75) is 32.2 Å². The summed E-state index contributed by atoms with van der Waals surface area (Å²) in [5.74, 6) is 0.631. The maximum absolute atomic E-state index is 12.3. The number of anilines is 1. The normalized spacial score (nSPS) is 22.7. The van der Waals surface area contributed by atoms with Crippen molar-refractivity contribution >= 4 is 11.6 Å². The van der Waals surface area contributed by atoms with Gasteiger partial charge in [0.1, 0.15) is 0 Å². The van der Waals surface area contributed by atoms with Gasteiger partial charge in [0.15, 0.2) is 0 Å². The third kappa shape index (κ3) is 2.03. The molecule has 1 heterocycles. The Kier molecular flexibility index (Phi) is 3.08. The standard InChI is InChI=1S/C15H20N2O/c1-2-16-13-9-10-17(15(18)11-7-8-11)14-6-4-3-5-12(13)14/h3-6,11,13,16H,2,7-10H2,1H3. The largest absolute Gasteiger partial charge is 0.312 e. The van der Waals surface area contributed by atoms with Gasteiger partial charge in [-0.25, -0.2) is 0 Å². The van der Waals surface area contributed by atoms with Gasteiger partial charge in [-0.05, 0) is 37.4 Å². The van der Waals surface area contributed by atoms with Gasteiger partial charge in [0.05, 0.1) is 0 Å². The number of benzene rings is 1. The Morgan fingerprint density at radius 1 is 1.33 bits per heavy atom. The van der Waals surface area contributed by atoms with E-state index in [1.54, 1.807) is 0 Å². The molecule has 18 heavy (non-hydrogen) atoms. The minimum Gasteiger partial charge on any atom is -0.312 e. The van der Waals surface area contributed by atoms with Crippen molar-refractivity contribution in [1.29, 1.82) is 0 Å². The fraction of sp³-hybridized carbons (Fsp3) is 0.533. The van der Waals surface area contributed by atoms with Crippen LogP contribution in [0.15, 0.2) is 24.3 Å². The van der Waals surface area contributed by atoms with Gasteiger partial charge < -0.3 is 10.2 Å². The number of carbonyl (C=O) groups excluding carboxylic acids is 1. The van der Waals surface area contributed by atoms with Gasteiger partial charge in [0, 0.05) is 24.2 Å². The number of para-hydroxylation sites is 1. The summed E-state index contributed by atoms with van der Waals surface area (Å²) in [6.07, 6.45) is 3.17. The van der Waals surface area contributed by atoms with E-state index >= 15 is 0 Å². The zero-order valence-corrected chi connectivity index (χ0v) is 10.9. The maximum Gasteiger partial charge on any atom is 0.230 e. The highest BCUT2D eigenvalue weighted by Crippen LogP contribution is 2.38. The number of nitrogens with one attached hydrogen (secondary N) is 1. The lowest BCUT2D eigenvalue weighted by Gasteiger charge is -2.34. The Balaban J connectivity index is 1.90. The van der Waals surface area contributed by atoms with E-state index in [4.69, 9.17) is 0 Å². The molecule has 1 N–H and O–H groups in total. The first-order chi connectivity index (χ1) is 8.81. The summed E-state index contributed by atoms with van der Waals surface area (Å²) < 4.78 is 0. The molecule has 0 bridgehead atoms. The second-order valence-electron chi connectivity index (χ2n) is 5.22. The van der Waals surface area contributed by atoms with Crippen molar-refractivity contribution in [3.63, 3.8) is 0 Å². The zero-order chi connectivity index (χ0) is 12.5. The third-order valence-electron chi connectivity index (χ3n) is 3.89. The van der Waals surface area contributed by atoms with Crippen LogP contribution < -0.4 is 10.2 Å². The summed E-state index contributed by atoms with van der Waals surface area (Å²) in [7, 11) is 0. The van der Waals surface area contributed by atoms with Crippen LogP contribution in [0.1, 0.15) is 37.8 Å². The van der Waals surface area contributed by atoms with Crippen LogP contribution in [0.4, 0.5) is 5.69 Å². The second kappa shape index (κ2) is 4.73. The SMILES string of the molecule is CCNC1CCN(C(=O)C2CC2)c2ccccc21. The number of amides is 1. The predicted octanol–water partition coefficient (Wildman–Crippen LogP) is 2.48. The first-order valence-electron chi connectivity index (χ1n) is 6.95. The lowest BCUT2D eigenvalue weighted by Crippen LogP contribution is -2.40. The zero-order valence-electron chi connectivity index (χ0n) is 10.9. The van der Waals surface area contributed by atoms with Gasteiger partial charge >= 0.3 is 0 Å². The fourth-order valence-electron chi connectivity index (χ4n) is 2.80. The molecule has 1 aliphatic carbocycles. The number of fused-ring (bicyclic) bond motifs is 1. The average Bonchev–Trinajstić information content (AvgIpc) is 3.23. The van der Waals surface area contributed by atoms with E-state index in [2.05, 4.69) is 30.4 Å². The minimum absolute atomic E-state index is 0.300. The Morgan fingerprint density at radius 2 is 2.11 bits per heavy atom. The van der Waals surface area contributed by atoms with Crippen LogP contribution in [-0.2, 0) is 4.79 Å². The topological polar surface area (TPSA) is 32.3 Å². The van der Waals surface area contributed by atoms with Crippen molar-refractivity contribution in [2.75, 3.05) is 18.0 Å². The van der Waals surface area contributed by atoms with E-state index in [0.717, 1.165) is 38.0 Å². The molecule has 1 atom stereocenters. The smallest absolute Gasteiger partial charge is 0.230 e. The molecule has 1 fully saturated rings. The molecule has 0 radical (unpaired) electrons. The lowest BCUT2D eigenvalue weighted by atomic mass is 9.96. The van der Waals surface area contributed by atoms with Gasteiger partial charge in [0.2, 0.25) is 5.91 Å². The summed E-state index contributed by atoms with van der Waals surface area (Å²) in [6.45, 7) is 3.95. The molecule has 1 aliphatic heterocycles. The number of hydrogen-bond donors (Lipinski definition) is 1. The van der Waals surface area contributed by atoms with Crippen molar-refractivity contribution in [1.82, 2.24) is 5.32 Å². The minimum atomic E-state index is 0.300. The van der Waals surface area contributed by atoms with Crippen molar-refractivity contribution in [3.05, 3.63) is 29.8 Å². The summed E-state index contributed by atoms with van der Waals surface area (Å²) in [5.41, 5.74) is 2.39. The van der Waals surface area contributed by atoms with E-state index < -0.39 is 0 Å². The van der Waals surface area contributed by atoms with Crippen LogP contribution in [0, 0.1) is 5.92 Å². The maximum atomic E-state index is 12.3. The number of hydrogen-bond acceptors (Lipinski definition) is 2. The fourth-order valence-corrected chi connectivity index (χ4v) is 2.80. The molecule has 96 valence electrons. The molecule has 2 aliphatic rings. The Labute approximate surface area is 108 Å². The van der Waals surface area contributed by atoms with Crippen LogP contribution in [0.3, 0.4) is 0 Å². The van der Waals surface area contributed by atoms with Gasteiger partial charge in [-0.3, -0.25) is 4.79 Å². The molecule has 0 spiro atoms. The molecular formula is C15H20N2O. The molecule has 1 aromatic carbocycles. The highest BCUT2D eigenvalue weighted by molar-refractivity contribution is 5.97. The van der Waals surface area contributed by atoms with Gasteiger partial charge in [-0.2, -0.15) is 0 Å². The number of rotatable bonds is 3. The molecule has 1 saturated carbocycles. The lowest BCUT2D eigenvalue weighted by molar-refractivity contribution is -0.119. The Hall–Kier alpha value is -1.35. The molecule has 0 saturated heterocycles. The first kappa shape index (κ1) is 11.7. The van der Waals surface area contributed by atoms with Crippen molar-refractivity contribution < 1.29 is 4.79 Å². The third-order valence-corrected chi connectivity index (χ3v) is 3.89. The summed E-state index contributed by atoms with van der Waals surface area (Å²) >= 11 is 0. The highest BCUT2D eigenvalue weighted by Gasteiger charge is 2.36. The van der Waals surface area contributed by atoms with Crippen LogP contribution in [0.25, 0.3) is 0 Å². The average molecular weight is 244 g/mol. The van der Waals surface area contributed by atoms with Crippen LogP contribution in [0.5, 0.6) is 0 Å². The van der Waals surface area contributed by atoms with Gasteiger partial charge in [0.25, 0.3) is 0 Å². The molecule has 1 aromatic rings. The monoisotopic (exact) mass is 244 g/mol. The van der Waals surface area contributed by atoms with E-state index in [1.165, 1.54) is 5.56 Å². The second-order valence-corrected chi connectivity index (χ2v) is 5.22. The summed E-state index contributed by atoms with van der Waals surface area (Å²) in [4.78, 5) is 14.3. The molecule has 3 heteroatoms. The highest BCUT2D eigenvalue weighted by atomic mass is 16.2. The molecule has 1 amide bonds. The van der Waals surface area contributed by atoms with E-state index in [1.807, 2.05) is 11.0 Å². The van der Waals surface area contributed by atoms with Crippen molar-refractivity contribution in [3.8, 4) is 0 Å². The molecule has 1 unspecified atom stereocenters. The summed E-state index contributed by atoms with van der Waals surface area (Å²) in [5, 5.41) is 3.51. The van der Waals surface area contributed by atoms with E-state index in [9.17, 15) is 4.79 Å². The number of nitrogens with zero attached hydrogens (tertiary/aromatic N) is 1. The van der Waals surface area contributed by atoms with Crippen LogP contribution in [-0.4, -0.2) is 19.0 Å². The Bertz CT molecular complexity index is 454. The Morgan fingerprint density at radius 3 is 2.83 bits per heavy atom. The van der Waals surface area contributed by atoms with Crippen LogP contribution in [0.2, 0.25) is 0 Å². The van der Waals surface area contributed by atoms with Crippen molar-refractivity contribution in [2.24, 2.45) is 5.92 Å². The van der Waals surface area contributed by atoms with E-state index in [-0.39, 0.29) is 0 Å². The molecule has 0 aromatic heterocycles. The first-order valence-corrected chi connectivity index (χ1v) is 6.95. The van der Waals surface area contributed by atoms with Crippen LogP contribution >= 0.6 is 0 Å². The van der Waals surface area contributed by atoms with Gasteiger partial charge in [-0.15, -0.1) is 0 Å². The summed E-state index contributed by atoms with van der Waals surface area (Å²) in [6, 6.07) is 8.72. The van der Waals surface area contributed by atoms with E-state index in [0.29, 0.717) is 17.9 Å². The number of carbonyl (C=O) groups is 1. The molecule has 3 rings (SSSR count). The molecule has 3 nitrogen and oxygen atoms in total. The quantitative estimate of drug-likeness (QED) is 0.886.